The summed E-state index contributed by atoms with van der Waals surface area (Å²) in [6.45, 7) is 25.0. The maximum Gasteiger partial charge on any atom is 0.303 e. The average Bonchev–Trinajstić information content (AvgIpc) is 0.731. The van der Waals surface area contributed by atoms with Crippen LogP contribution < -0.4 is 23.7 Å². The van der Waals surface area contributed by atoms with Crippen molar-refractivity contribution in [3.63, 3.8) is 0 Å². The number of carbonyl (C=O) groups is 4. The summed E-state index contributed by atoms with van der Waals surface area (Å²) in [6.07, 6.45) is -11.5. The van der Waals surface area contributed by atoms with E-state index in [1.165, 1.54) is 51.0 Å². The number of benzene rings is 10. The Balaban J connectivity index is 0.000000190. The van der Waals surface area contributed by atoms with Gasteiger partial charge >= 0.3 is 23.9 Å². The predicted octanol–water partition coefficient (Wildman–Crippen LogP) is 19.5. The van der Waals surface area contributed by atoms with Crippen molar-refractivity contribution in [3.05, 3.63) is 319 Å². The van der Waals surface area contributed by atoms with Gasteiger partial charge in [-0.05, 0) is 284 Å². The van der Waals surface area contributed by atoms with Gasteiger partial charge in [0.25, 0.3) is 0 Å². The lowest BCUT2D eigenvalue weighted by Gasteiger charge is -2.50. The van der Waals surface area contributed by atoms with Gasteiger partial charge in [0.1, 0.15) is 102 Å². The molecule has 4 saturated heterocycles. The van der Waals surface area contributed by atoms with E-state index in [1.54, 1.807) is 42.5 Å². The number of rotatable bonds is 34. The molecule has 4 aliphatic rings. The summed E-state index contributed by atoms with van der Waals surface area (Å²) in [7, 11) is 2.81. The molecule has 10 aromatic carbocycles. The summed E-state index contributed by atoms with van der Waals surface area (Å²) < 4.78 is 87.2. The Labute approximate surface area is 893 Å². The van der Waals surface area contributed by atoms with Crippen LogP contribution >= 0.6 is 80.6 Å². The van der Waals surface area contributed by atoms with Crippen molar-refractivity contribution in [2.24, 2.45) is 11.8 Å². The Hall–Kier alpha value is -9.30. The summed E-state index contributed by atoms with van der Waals surface area (Å²) >= 11 is 34.4. The van der Waals surface area contributed by atoms with Crippen molar-refractivity contribution in [2.75, 3.05) is 60.5 Å². The molecule has 8 N–H and O–H groups in total. The molecule has 0 aliphatic carbocycles. The molecule has 10 aromatic rings. The molecule has 0 saturated carbocycles. The number of aliphatic hydroxyl groups is 8. The van der Waals surface area contributed by atoms with Crippen molar-refractivity contribution >= 4 is 104 Å². The first-order valence-corrected chi connectivity index (χ1v) is 51.8. The highest BCUT2D eigenvalue weighted by molar-refractivity contribution is 14.1. The molecular formula is C113H134Cl5IO27. The Bertz CT molecular complexity index is 5810. The van der Waals surface area contributed by atoms with Gasteiger partial charge in [0.2, 0.25) is 11.6 Å². The lowest BCUT2D eigenvalue weighted by atomic mass is 9.81. The summed E-state index contributed by atoms with van der Waals surface area (Å²) in [5, 5.41) is 83.4. The number of methoxy groups -OCH3 is 2. The highest BCUT2D eigenvalue weighted by atomic mass is 127. The van der Waals surface area contributed by atoms with E-state index < -0.39 is 134 Å². The van der Waals surface area contributed by atoms with Crippen molar-refractivity contribution in [1.29, 1.82) is 0 Å². The molecule has 0 aromatic heterocycles. The van der Waals surface area contributed by atoms with E-state index in [-0.39, 0.29) is 24.0 Å². The van der Waals surface area contributed by atoms with Gasteiger partial charge in [-0.15, -0.1) is 0 Å². The molecule has 0 radical (unpaired) electrons. The van der Waals surface area contributed by atoms with Crippen molar-refractivity contribution in [1.82, 2.24) is 0 Å². The van der Waals surface area contributed by atoms with Gasteiger partial charge in [-0.3, -0.25) is 19.2 Å². The van der Waals surface area contributed by atoms with Crippen LogP contribution in [0, 0.1) is 15.4 Å². The highest BCUT2D eigenvalue weighted by Gasteiger charge is 2.59. The van der Waals surface area contributed by atoms with E-state index in [1.807, 2.05) is 214 Å². The van der Waals surface area contributed by atoms with Gasteiger partial charge in [0, 0.05) is 93.6 Å². The molecule has 4 heterocycles. The minimum atomic E-state index is -1.77. The van der Waals surface area contributed by atoms with Gasteiger partial charge in [-0.25, -0.2) is 0 Å². The lowest BCUT2D eigenvalue weighted by molar-refractivity contribution is -0.366. The third-order valence-corrected chi connectivity index (χ3v) is 28.0. The lowest BCUT2D eigenvalue weighted by Crippen LogP contribution is -2.64. The SMILES string of the molecule is CCOc1ccc(Cc2cc(C3(OC)O[C@H](CC)[C@@H](C)[C@H](OC(C)=O)[C@H]3OC(C)=O)ccc2Cl)cc1.CCOc1ccc(Cc2cc(C3(OC)O[C@H](CO)[C@@H](O)[C@H](O)[C@H]3O)ccc2Cl)cc1.CCOc1ccc(Cc2cc(C3O[C@H](CC)[C@@H](C)[C@H](OC(C)=O)[C@H]3OC(C)=O)ccc2Cl)cc1.CCOc1ccc(Cc2cc(C3O[C@H](CO)[C@@H](O)[C@H](O)[C@H]3O)ccc2Cl)cc1.CCOc1ccc(Cc2cc(I)ccc2Cl)cc1. The molecule has 790 valence electrons. The number of hydrogen-bond donors (Lipinski definition) is 8. The van der Waals surface area contributed by atoms with E-state index in [0.29, 0.717) is 102 Å². The van der Waals surface area contributed by atoms with Crippen LogP contribution in [0.4, 0.5) is 0 Å². The molecule has 27 nitrogen and oxygen atoms in total. The minimum absolute atomic E-state index is 0.134. The van der Waals surface area contributed by atoms with Crippen molar-refractivity contribution in [3.8, 4) is 28.7 Å². The zero-order chi connectivity index (χ0) is 106. The van der Waals surface area contributed by atoms with E-state index in [0.717, 1.165) is 102 Å². The summed E-state index contributed by atoms with van der Waals surface area (Å²) in [6, 6.07) is 66.7. The zero-order valence-corrected chi connectivity index (χ0v) is 90.5. The highest BCUT2D eigenvalue weighted by Crippen LogP contribution is 2.48. The van der Waals surface area contributed by atoms with Crippen LogP contribution in [0.5, 0.6) is 28.7 Å². The Kier molecular flexibility index (Phi) is 46.4. The molecule has 4 unspecified atom stereocenters. The maximum atomic E-state index is 12.2. The van der Waals surface area contributed by atoms with E-state index in [2.05, 4.69) is 40.8 Å². The third-order valence-electron chi connectivity index (χ3n) is 25.5. The Morgan fingerprint density at radius 3 is 1.00 bits per heavy atom. The summed E-state index contributed by atoms with van der Waals surface area (Å²) in [4.78, 5) is 48.0. The van der Waals surface area contributed by atoms with Gasteiger partial charge < -0.3 is 112 Å². The molecule has 0 bridgehead atoms. The molecule has 0 amide bonds. The van der Waals surface area contributed by atoms with E-state index in [9.17, 15) is 60.0 Å². The van der Waals surface area contributed by atoms with Crippen LogP contribution in [0.2, 0.25) is 25.1 Å². The van der Waals surface area contributed by atoms with Crippen LogP contribution in [-0.4, -0.2) is 211 Å². The topological polar surface area (TPSA) is 369 Å². The second-order valence-electron chi connectivity index (χ2n) is 35.6. The molecule has 20 atom stereocenters. The summed E-state index contributed by atoms with van der Waals surface area (Å²) in [5.74, 6) is -1.42. The quantitative estimate of drug-likeness (QED) is 0.0105. The molecule has 14 rings (SSSR count). The van der Waals surface area contributed by atoms with Crippen LogP contribution in [0.1, 0.15) is 193 Å². The number of halogens is 6. The van der Waals surface area contributed by atoms with Gasteiger partial charge in [-0.2, -0.15) is 0 Å². The third kappa shape index (κ3) is 31.4. The first kappa shape index (κ1) is 119. The van der Waals surface area contributed by atoms with E-state index >= 15 is 0 Å². The summed E-state index contributed by atoms with van der Waals surface area (Å²) in [5.41, 5.74) is 12.4. The smallest absolute Gasteiger partial charge is 0.303 e. The second-order valence-corrected chi connectivity index (χ2v) is 38.9. The largest absolute Gasteiger partial charge is 0.494 e. The van der Waals surface area contributed by atoms with Gasteiger partial charge in [-0.1, -0.05) is 183 Å². The van der Waals surface area contributed by atoms with Crippen LogP contribution in [0.25, 0.3) is 0 Å². The molecule has 33 heteroatoms. The molecule has 4 fully saturated rings. The van der Waals surface area contributed by atoms with Gasteiger partial charge in [0.15, 0.2) is 12.2 Å². The molecular weight excluding hydrogens is 2090 g/mol. The first-order valence-electron chi connectivity index (χ1n) is 48.8. The normalized spacial score (nSPS) is 24.6. The maximum absolute atomic E-state index is 12.2. The number of esters is 4. The fraction of sp³-hybridized carbons (Fsp3) is 0.434. The molecule has 4 aliphatic heterocycles. The molecule has 146 heavy (non-hydrogen) atoms. The fourth-order valence-electron chi connectivity index (χ4n) is 18.1. The number of aliphatic hydroxyl groups excluding tert-OH is 8. The van der Waals surface area contributed by atoms with Crippen molar-refractivity contribution in [2.45, 2.75) is 244 Å². The number of hydrogen-bond acceptors (Lipinski definition) is 27. The Morgan fingerprint density at radius 2 is 0.644 bits per heavy atom. The zero-order valence-electron chi connectivity index (χ0n) is 84.6. The number of carbonyl (C=O) groups excluding carboxylic acids is 4. The Morgan fingerprint density at radius 1 is 0.336 bits per heavy atom. The van der Waals surface area contributed by atoms with Gasteiger partial charge in [0.05, 0.1) is 58.5 Å². The standard InChI is InChI=1S/C28H35ClO7.C27H33ClO6.C22H27ClO7.C21H25ClO6.C15H14ClIO/c1-7-25-17(3)26(34-18(4)30)27(35-19(5)31)28(32-6,36-25)22-11-14-24(29)21(16-22)15-20-9-12-23(13-10-20)33-8-2;1-6-24-16(3)25(32-17(4)29)27(33-18(5)30)26(34-24)20-10-13-23(28)21(15-20)14-19-8-11-22(12-9-19)31-7-2;1-3-29-16-7-4-13(5-8-16)10-14-11-15(6-9-17(14)23)22(28-2)21(27)20(26)19(25)18(12-24)30-22;1-2-27-15-6-3-12(4-7-15)9-14-10-13(5-8-16(14)22)21-20(26)19(25)18(24)17(11-23)28-21;1-2-18-14-6-3-11(4-7-14)9-12-10-13(17)5-8-15(12)16/h9-14,16-17,25-27H,7-8,15H2,1-6H3;8-13,15-16,24-27H,6-7,14H2,1-5H3;4-9,11,18-21,24-27H,3,10,12H2,1-2H3;3-8,10,17-21,23-26H,2,9,11H2,1H3;3-8,10H,2,9H2,1H3/t17-,25-,26+,27-,28?;16-,24-,25+,26?,27-;18-,19-,20+,21-,22?;17-,18-,19+,20-,21?;/m1111./s1. The fourth-order valence-corrected chi connectivity index (χ4v) is 19.6. The second kappa shape index (κ2) is 57.1. The molecule has 0 spiro atoms. The van der Waals surface area contributed by atoms with Crippen LogP contribution in [0.15, 0.2) is 212 Å². The first-order chi connectivity index (χ1) is 69.9. The number of ether oxygens (including phenoxy) is 15. The van der Waals surface area contributed by atoms with Crippen molar-refractivity contribution < 1.29 is 131 Å². The predicted molar refractivity (Wildman–Crippen MR) is 566 cm³/mol. The van der Waals surface area contributed by atoms with Crippen LogP contribution in [0.3, 0.4) is 0 Å². The monoisotopic (exact) mass is 2220 g/mol. The minimum Gasteiger partial charge on any atom is -0.494 e. The average molecular weight is 2230 g/mol. The van der Waals surface area contributed by atoms with Crippen LogP contribution in [-0.2, 0) is 110 Å². The van der Waals surface area contributed by atoms with E-state index in [4.69, 9.17) is 129 Å².